The van der Waals surface area contributed by atoms with Crippen LogP contribution in [0.25, 0.3) is 0 Å². The summed E-state index contributed by atoms with van der Waals surface area (Å²) >= 11 is 0. The molecule has 18 heavy (non-hydrogen) atoms. The van der Waals surface area contributed by atoms with Crippen LogP contribution in [0.3, 0.4) is 0 Å². The van der Waals surface area contributed by atoms with Crippen LogP contribution in [0.1, 0.15) is 18.4 Å². The van der Waals surface area contributed by atoms with Crippen molar-refractivity contribution < 1.29 is 9.72 Å². The minimum absolute atomic E-state index is 0.0941. The minimum Gasteiger partial charge on any atom is -0.370 e. The summed E-state index contributed by atoms with van der Waals surface area (Å²) in [7, 11) is 0. The van der Waals surface area contributed by atoms with E-state index in [4.69, 9.17) is 5.26 Å². The van der Waals surface area contributed by atoms with E-state index in [0.29, 0.717) is 31.6 Å². The van der Waals surface area contributed by atoms with Gasteiger partial charge in [0.1, 0.15) is 11.9 Å². The lowest BCUT2D eigenvalue weighted by molar-refractivity contribution is -0.384. The summed E-state index contributed by atoms with van der Waals surface area (Å²) in [6.45, 7) is 1.12. The average Bonchev–Trinajstić information content (AvgIpc) is 2.39. The van der Waals surface area contributed by atoms with Gasteiger partial charge in [0.05, 0.1) is 16.2 Å². The van der Waals surface area contributed by atoms with Gasteiger partial charge in [0.15, 0.2) is 0 Å². The van der Waals surface area contributed by atoms with E-state index in [1.54, 1.807) is 6.07 Å². The van der Waals surface area contributed by atoms with Gasteiger partial charge in [-0.2, -0.15) is 5.26 Å². The summed E-state index contributed by atoms with van der Waals surface area (Å²) in [6.07, 6.45) is 0.920. The van der Waals surface area contributed by atoms with Crippen LogP contribution in [0.15, 0.2) is 18.2 Å². The second kappa shape index (κ2) is 4.84. The molecule has 0 atom stereocenters. The number of piperidine rings is 1. The van der Waals surface area contributed by atoms with Gasteiger partial charge in [0.25, 0.3) is 5.69 Å². The number of benzene rings is 1. The zero-order chi connectivity index (χ0) is 13.1. The van der Waals surface area contributed by atoms with Crippen LogP contribution in [0.4, 0.5) is 11.4 Å². The monoisotopic (exact) mass is 245 g/mol. The molecule has 1 aromatic rings. The zero-order valence-electron chi connectivity index (χ0n) is 9.63. The van der Waals surface area contributed by atoms with Gasteiger partial charge in [-0.15, -0.1) is 0 Å². The Morgan fingerprint density at radius 1 is 1.33 bits per heavy atom. The van der Waals surface area contributed by atoms with E-state index in [1.165, 1.54) is 12.1 Å². The number of nitro benzene ring substituents is 1. The number of carbonyl (C=O) groups is 1. The Kier molecular flexibility index (Phi) is 3.24. The molecular formula is C12H11N3O3. The number of rotatable bonds is 2. The molecule has 0 aromatic heterocycles. The number of non-ortho nitro benzene ring substituents is 1. The van der Waals surface area contributed by atoms with Crippen LogP contribution in [-0.4, -0.2) is 23.8 Å². The largest absolute Gasteiger partial charge is 0.370 e. The van der Waals surface area contributed by atoms with Crippen LogP contribution in [-0.2, 0) is 4.79 Å². The van der Waals surface area contributed by atoms with Crippen LogP contribution >= 0.6 is 0 Å². The fourth-order valence-electron chi connectivity index (χ4n) is 2.00. The lowest BCUT2D eigenvalue weighted by Gasteiger charge is -2.28. The van der Waals surface area contributed by atoms with E-state index in [-0.39, 0.29) is 17.0 Å². The third-order valence-electron chi connectivity index (χ3n) is 2.97. The number of ketones is 1. The van der Waals surface area contributed by atoms with Crippen molar-refractivity contribution in [1.82, 2.24) is 0 Å². The van der Waals surface area contributed by atoms with Crippen molar-refractivity contribution in [2.24, 2.45) is 0 Å². The Labute approximate surface area is 104 Å². The normalized spacial score (nSPS) is 15.3. The Balaban J connectivity index is 2.31. The molecule has 1 aliphatic heterocycles. The Hall–Kier alpha value is -2.42. The van der Waals surface area contributed by atoms with E-state index >= 15 is 0 Å². The summed E-state index contributed by atoms with van der Waals surface area (Å²) in [4.78, 5) is 23.2. The third kappa shape index (κ3) is 2.30. The van der Waals surface area contributed by atoms with Crippen LogP contribution in [0.5, 0.6) is 0 Å². The highest BCUT2D eigenvalue weighted by Crippen LogP contribution is 2.26. The fraction of sp³-hybridized carbons (Fsp3) is 0.333. The van der Waals surface area contributed by atoms with Gasteiger partial charge in [-0.1, -0.05) is 0 Å². The predicted octanol–water partition coefficient (Wildman–Crippen LogP) is 1.64. The van der Waals surface area contributed by atoms with Gasteiger partial charge < -0.3 is 4.90 Å². The summed E-state index contributed by atoms with van der Waals surface area (Å²) < 4.78 is 0. The zero-order valence-corrected chi connectivity index (χ0v) is 9.63. The van der Waals surface area contributed by atoms with E-state index in [2.05, 4.69) is 0 Å². The topological polar surface area (TPSA) is 87.2 Å². The molecule has 0 saturated carbocycles. The number of hydrogen-bond acceptors (Lipinski definition) is 5. The second-order valence-corrected chi connectivity index (χ2v) is 4.10. The fourth-order valence-corrected chi connectivity index (χ4v) is 2.00. The molecule has 0 amide bonds. The molecule has 2 rings (SSSR count). The van der Waals surface area contributed by atoms with Crippen molar-refractivity contribution in [3.8, 4) is 6.07 Å². The standard InChI is InChI=1S/C12H11N3O3/c13-8-9-7-10(15(17)18)1-2-12(9)14-5-3-11(16)4-6-14/h1-2,7H,3-6H2. The summed E-state index contributed by atoms with van der Waals surface area (Å²) in [5, 5.41) is 19.7. The summed E-state index contributed by atoms with van der Waals surface area (Å²) in [5.41, 5.74) is 0.845. The maximum absolute atomic E-state index is 11.2. The van der Waals surface area contributed by atoms with E-state index < -0.39 is 4.92 Å². The minimum atomic E-state index is -0.523. The van der Waals surface area contributed by atoms with Gasteiger partial charge >= 0.3 is 0 Å². The Bertz CT molecular complexity index is 538. The molecule has 1 fully saturated rings. The highest BCUT2D eigenvalue weighted by Gasteiger charge is 2.20. The van der Waals surface area contributed by atoms with E-state index in [9.17, 15) is 14.9 Å². The average molecular weight is 245 g/mol. The van der Waals surface area contributed by atoms with Gasteiger partial charge in [-0.05, 0) is 6.07 Å². The van der Waals surface area contributed by atoms with Crippen LogP contribution in [0.2, 0.25) is 0 Å². The Morgan fingerprint density at radius 3 is 2.56 bits per heavy atom. The quantitative estimate of drug-likeness (QED) is 0.583. The first-order chi connectivity index (χ1) is 8.61. The highest BCUT2D eigenvalue weighted by molar-refractivity contribution is 5.81. The van der Waals surface area contributed by atoms with Crippen molar-refractivity contribution in [3.63, 3.8) is 0 Å². The number of nitro groups is 1. The lowest BCUT2D eigenvalue weighted by atomic mass is 10.1. The van der Waals surface area contributed by atoms with Crippen molar-refractivity contribution in [3.05, 3.63) is 33.9 Å². The van der Waals surface area contributed by atoms with Gasteiger partial charge in [-0.25, -0.2) is 0 Å². The molecule has 1 aromatic carbocycles. The smallest absolute Gasteiger partial charge is 0.270 e. The second-order valence-electron chi connectivity index (χ2n) is 4.10. The Morgan fingerprint density at radius 2 is 2.00 bits per heavy atom. The molecule has 0 radical (unpaired) electrons. The molecular weight excluding hydrogens is 234 g/mol. The number of nitriles is 1. The van der Waals surface area contributed by atoms with Gasteiger partial charge in [0, 0.05) is 38.1 Å². The number of carbonyl (C=O) groups excluding carboxylic acids is 1. The number of Topliss-reactive ketones (excluding diaryl/α,β-unsaturated/α-hetero) is 1. The molecule has 0 aliphatic carbocycles. The molecule has 6 nitrogen and oxygen atoms in total. The number of anilines is 1. The lowest BCUT2D eigenvalue weighted by Crippen LogP contribution is -2.34. The number of hydrogen-bond donors (Lipinski definition) is 0. The first kappa shape index (κ1) is 12.0. The molecule has 0 spiro atoms. The maximum Gasteiger partial charge on any atom is 0.270 e. The number of nitrogens with zero attached hydrogens (tertiary/aromatic N) is 3. The third-order valence-corrected chi connectivity index (χ3v) is 2.97. The molecule has 0 unspecified atom stereocenters. The van der Waals surface area contributed by atoms with Crippen molar-refractivity contribution in [2.45, 2.75) is 12.8 Å². The van der Waals surface area contributed by atoms with E-state index in [1.807, 2.05) is 11.0 Å². The van der Waals surface area contributed by atoms with Crippen LogP contribution in [0, 0.1) is 21.4 Å². The van der Waals surface area contributed by atoms with Crippen molar-refractivity contribution in [1.29, 1.82) is 5.26 Å². The van der Waals surface area contributed by atoms with E-state index in [0.717, 1.165) is 0 Å². The molecule has 6 heteroatoms. The predicted molar refractivity (Wildman–Crippen MR) is 64.3 cm³/mol. The molecule has 92 valence electrons. The summed E-state index contributed by atoms with van der Waals surface area (Å²) in [6, 6.07) is 6.20. The van der Waals surface area contributed by atoms with Crippen molar-refractivity contribution >= 4 is 17.2 Å². The SMILES string of the molecule is N#Cc1cc([N+](=O)[O-])ccc1N1CCC(=O)CC1. The van der Waals surface area contributed by atoms with Gasteiger partial charge in [0.2, 0.25) is 0 Å². The maximum atomic E-state index is 11.2. The van der Waals surface area contributed by atoms with Gasteiger partial charge in [-0.3, -0.25) is 14.9 Å². The van der Waals surface area contributed by atoms with Crippen molar-refractivity contribution in [2.75, 3.05) is 18.0 Å². The first-order valence-corrected chi connectivity index (χ1v) is 5.57. The molecule has 1 saturated heterocycles. The molecule has 0 bridgehead atoms. The summed E-state index contributed by atoms with van der Waals surface area (Å²) in [5.74, 6) is 0.215. The highest BCUT2D eigenvalue weighted by atomic mass is 16.6. The molecule has 1 heterocycles. The molecule has 0 N–H and O–H groups in total. The first-order valence-electron chi connectivity index (χ1n) is 5.57. The van der Waals surface area contributed by atoms with Crippen LogP contribution < -0.4 is 4.90 Å². The molecule has 1 aliphatic rings.